The van der Waals surface area contributed by atoms with Crippen molar-refractivity contribution in [3.63, 3.8) is 0 Å². The first-order valence-corrected chi connectivity index (χ1v) is 8.92. The van der Waals surface area contributed by atoms with Crippen LogP contribution in [0.4, 0.5) is 0 Å². The Labute approximate surface area is 165 Å². The summed E-state index contributed by atoms with van der Waals surface area (Å²) in [6, 6.07) is 15.3. The quantitative estimate of drug-likeness (QED) is 0.500. The summed E-state index contributed by atoms with van der Waals surface area (Å²) in [7, 11) is 1.25. The highest BCUT2D eigenvalue weighted by molar-refractivity contribution is 14.1. The van der Waals surface area contributed by atoms with Gasteiger partial charge in [0.25, 0.3) is 5.91 Å². The van der Waals surface area contributed by atoms with Gasteiger partial charge in [-0.2, -0.15) is 0 Å². The van der Waals surface area contributed by atoms with Gasteiger partial charge >= 0.3 is 11.9 Å². The van der Waals surface area contributed by atoms with Crippen molar-refractivity contribution in [1.29, 1.82) is 0 Å². The van der Waals surface area contributed by atoms with E-state index in [9.17, 15) is 14.4 Å². The third kappa shape index (κ3) is 5.83. The van der Waals surface area contributed by atoms with Crippen LogP contribution in [-0.2, 0) is 25.5 Å². The van der Waals surface area contributed by atoms with Crippen LogP contribution in [0.15, 0.2) is 54.6 Å². The highest BCUT2D eigenvalue weighted by Gasteiger charge is 2.22. The minimum absolute atomic E-state index is 0.282. The van der Waals surface area contributed by atoms with Gasteiger partial charge in [0.1, 0.15) is 6.04 Å². The van der Waals surface area contributed by atoms with Gasteiger partial charge in [-0.1, -0.05) is 42.5 Å². The molecule has 7 heteroatoms. The van der Waals surface area contributed by atoms with Crippen LogP contribution < -0.4 is 5.32 Å². The molecule has 1 N–H and O–H groups in total. The highest BCUT2D eigenvalue weighted by Crippen LogP contribution is 2.12. The summed E-state index contributed by atoms with van der Waals surface area (Å²) in [6.07, 6.45) is 0.282. The van der Waals surface area contributed by atoms with E-state index in [0.717, 1.165) is 9.13 Å². The van der Waals surface area contributed by atoms with E-state index in [1.54, 1.807) is 24.3 Å². The Morgan fingerprint density at radius 2 is 1.69 bits per heavy atom. The zero-order valence-corrected chi connectivity index (χ0v) is 16.3. The molecule has 2 aromatic carbocycles. The minimum atomic E-state index is -0.856. The highest BCUT2D eigenvalue weighted by atomic mass is 127. The second-order valence-electron chi connectivity index (χ2n) is 5.39. The van der Waals surface area contributed by atoms with E-state index in [0.29, 0.717) is 5.56 Å². The summed E-state index contributed by atoms with van der Waals surface area (Å²) in [5, 5.41) is 2.55. The molecule has 0 fully saturated rings. The van der Waals surface area contributed by atoms with Crippen LogP contribution in [0, 0.1) is 3.57 Å². The molecule has 0 saturated carbocycles. The SMILES string of the molecule is COC(=O)C(Cc1ccccc1)NC(=O)COC(=O)c1ccccc1I. The normalized spacial score (nSPS) is 11.3. The maximum absolute atomic E-state index is 12.1. The standard InChI is InChI=1S/C19H18INO5/c1-25-19(24)16(11-13-7-3-2-4-8-13)21-17(22)12-26-18(23)14-9-5-6-10-15(14)20/h2-10,16H,11-12H2,1H3,(H,21,22). The number of nitrogens with one attached hydrogen (secondary N) is 1. The van der Waals surface area contributed by atoms with Crippen molar-refractivity contribution >= 4 is 40.4 Å². The number of amides is 1. The van der Waals surface area contributed by atoms with Crippen LogP contribution in [-0.4, -0.2) is 37.6 Å². The van der Waals surface area contributed by atoms with Crippen LogP contribution in [0.5, 0.6) is 0 Å². The Morgan fingerprint density at radius 1 is 1.04 bits per heavy atom. The van der Waals surface area contributed by atoms with Crippen LogP contribution >= 0.6 is 22.6 Å². The fourth-order valence-electron chi connectivity index (χ4n) is 2.26. The Bertz CT molecular complexity index is 779. The van der Waals surface area contributed by atoms with Crippen LogP contribution in [0.25, 0.3) is 0 Å². The van der Waals surface area contributed by atoms with E-state index in [1.807, 2.05) is 52.9 Å². The number of methoxy groups -OCH3 is 1. The van der Waals surface area contributed by atoms with Gasteiger partial charge in [0.15, 0.2) is 6.61 Å². The first-order chi connectivity index (χ1) is 12.5. The molecule has 0 saturated heterocycles. The molecule has 0 heterocycles. The zero-order chi connectivity index (χ0) is 18.9. The van der Waals surface area contributed by atoms with Gasteiger partial charge in [0, 0.05) is 9.99 Å². The van der Waals surface area contributed by atoms with Gasteiger partial charge in [-0.15, -0.1) is 0 Å². The molecule has 26 heavy (non-hydrogen) atoms. The van der Waals surface area contributed by atoms with Crippen molar-refractivity contribution in [2.45, 2.75) is 12.5 Å². The molecule has 2 rings (SSSR count). The summed E-state index contributed by atoms with van der Waals surface area (Å²) in [5.74, 6) is -1.73. The summed E-state index contributed by atoms with van der Waals surface area (Å²) < 4.78 is 10.5. The van der Waals surface area contributed by atoms with Crippen molar-refractivity contribution in [1.82, 2.24) is 5.32 Å². The zero-order valence-electron chi connectivity index (χ0n) is 14.1. The number of esters is 2. The smallest absolute Gasteiger partial charge is 0.339 e. The lowest BCUT2D eigenvalue weighted by molar-refractivity contribution is -0.145. The number of benzene rings is 2. The van der Waals surface area contributed by atoms with E-state index in [-0.39, 0.29) is 6.42 Å². The minimum Gasteiger partial charge on any atom is -0.467 e. The predicted molar refractivity (Wildman–Crippen MR) is 104 cm³/mol. The molecule has 0 spiro atoms. The molecular formula is C19H18INO5. The van der Waals surface area contributed by atoms with E-state index in [4.69, 9.17) is 9.47 Å². The number of carbonyl (C=O) groups excluding carboxylic acids is 3. The molecule has 6 nitrogen and oxygen atoms in total. The number of carbonyl (C=O) groups is 3. The number of ether oxygens (including phenoxy) is 2. The first kappa shape index (κ1) is 19.9. The van der Waals surface area contributed by atoms with Crippen LogP contribution in [0.3, 0.4) is 0 Å². The molecule has 0 aliphatic carbocycles. The van der Waals surface area contributed by atoms with Crippen molar-refractivity contribution in [3.8, 4) is 0 Å². The monoisotopic (exact) mass is 467 g/mol. The molecule has 1 atom stereocenters. The molecule has 0 bridgehead atoms. The van der Waals surface area contributed by atoms with Gasteiger partial charge in [-0.05, 0) is 40.3 Å². The van der Waals surface area contributed by atoms with Gasteiger partial charge in [0.05, 0.1) is 12.7 Å². The van der Waals surface area contributed by atoms with E-state index in [1.165, 1.54) is 7.11 Å². The number of rotatable bonds is 7. The lowest BCUT2D eigenvalue weighted by atomic mass is 10.1. The summed E-state index contributed by atoms with van der Waals surface area (Å²) in [6.45, 7) is -0.480. The lowest BCUT2D eigenvalue weighted by Gasteiger charge is -2.16. The van der Waals surface area contributed by atoms with Crippen LogP contribution in [0.2, 0.25) is 0 Å². The first-order valence-electron chi connectivity index (χ1n) is 7.84. The van der Waals surface area contributed by atoms with Crippen molar-refractivity contribution in [2.24, 2.45) is 0 Å². The van der Waals surface area contributed by atoms with Crippen LogP contribution in [0.1, 0.15) is 15.9 Å². The topological polar surface area (TPSA) is 81.7 Å². The fraction of sp³-hybridized carbons (Fsp3) is 0.211. The number of hydrogen-bond donors (Lipinski definition) is 1. The molecule has 136 valence electrons. The molecule has 1 amide bonds. The molecule has 0 aromatic heterocycles. The molecule has 1 unspecified atom stereocenters. The Hall–Kier alpha value is -2.42. The van der Waals surface area contributed by atoms with E-state index < -0.39 is 30.5 Å². The average Bonchev–Trinajstić information content (AvgIpc) is 2.66. The van der Waals surface area contributed by atoms with E-state index in [2.05, 4.69) is 5.32 Å². The van der Waals surface area contributed by atoms with E-state index >= 15 is 0 Å². The number of hydrogen-bond acceptors (Lipinski definition) is 5. The summed E-state index contributed by atoms with van der Waals surface area (Å²) in [4.78, 5) is 36.0. The molecule has 0 aliphatic rings. The lowest BCUT2D eigenvalue weighted by Crippen LogP contribution is -2.44. The molecule has 2 aromatic rings. The third-order valence-corrected chi connectivity index (χ3v) is 4.47. The molecule has 0 radical (unpaired) electrons. The third-order valence-electron chi connectivity index (χ3n) is 3.53. The maximum atomic E-state index is 12.1. The largest absolute Gasteiger partial charge is 0.467 e. The van der Waals surface area contributed by atoms with Crippen molar-refractivity contribution in [3.05, 3.63) is 69.3 Å². The van der Waals surface area contributed by atoms with Gasteiger partial charge in [0.2, 0.25) is 0 Å². The Balaban J connectivity index is 1.93. The summed E-state index contributed by atoms with van der Waals surface area (Å²) in [5.41, 5.74) is 1.26. The number of halogens is 1. The predicted octanol–water partition coefficient (Wildman–Crippen LogP) is 2.35. The van der Waals surface area contributed by atoms with Crippen molar-refractivity contribution in [2.75, 3.05) is 13.7 Å². The second-order valence-corrected chi connectivity index (χ2v) is 6.55. The Kier molecular flexibility index (Phi) is 7.58. The Morgan fingerprint density at radius 3 is 2.35 bits per heavy atom. The molecular weight excluding hydrogens is 449 g/mol. The fourth-order valence-corrected chi connectivity index (χ4v) is 2.86. The second kappa shape index (κ2) is 9.91. The average molecular weight is 467 g/mol. The van der Waals surface area contributed by atoms with Gasteiger partial charge in [-0.25, -0.2) is 9.59 Å². The molecule has 0 aliphatic heterocycles. The van der Waals surface area contributed by atoms with Gasteiger partial charge < -0.3 is 14.8 Å². The van der Waals surface area contributed by atoms with Crippen molar-refractivity contribution < 1.29 is 23.9 Å². The van der Waals surface area contributed by atoms with Gasteiger partial charge in [-0.3, -0.25) is 4.79 Å². The maximum Gasteiger partial charge on any atom is 0.339 e. The summed E-state index contributed by atoms with van der Waals surface area (Å²) >= 11 is 2.02.